The molecule has 0 heterocycles. The Kier molecular flexibility index (Phi) is 23.4. The second kappa shape index (κ2) is 24.5. The van der Waals surface area contributed by atoms with Gasteiger partial charge in [0.15, 0.2) is 6.10 Å². The van der Waals surface area contributed by atoms with Crippen LogP contribution in [0.1, 0.15) is 117 Å². The van der Waals surface area contributed by atoms with Gasteiger partial charge in [0, 0.05) is 18.9 Å². The number of phosphoric ester groups is 1. The van der Waals surface area contributed by atoms with Crippen LogP contribution in [0.4, 0.5) is 0 Å². The highest BCUT2D eigenvalue weighted by molar-refractivity contribution is 7.45. The summed E-state index contributed by atoms with van der Waals surface area (Å²) >= 11 is 0. The van der Waals surface area contributed by atoms with Crippen LogP contribution in [0.5, 0.6) is 0 Å². The Hall–Kier alpha value is -1.85. The Morgan fingerprint density at radius 1 is 0.837 bits per heavy atom. The zero-order chi connectivity index (χ0) is 32.6. The third-order valence-corrected chi connectivity index (χ3v) is 7.71. The molecule has 0 saturated carbocycles. The number of esters is 2. The van der Waals surface area contributed by atoms with Gasteiger partial charge in [-0.2, -0.15) is 0 Å². The third-order valence-electron chi connectivity index (χ3n) is 6.74. The van der Waals surface area contributed by atoms with E-state index in [0.717, 1.165) is 25.3 Å². The Labute approximate surface area is 258 Å². The van der Waals surface area contributed by atoms with Gasteiger partial charge in [0.05, 0.1) is 39.1 Å². The molecule has 0 aromatic carbocycles. The highest BCUT2D eigenvalue weighted by Crippen LogP contribution is 2.38. The van der Waals surface area contributed by atoms with E-state index in [1.807, 2.05) is 21.1 Å². The Morgan fingerprint density at radius 2 is 1.37 bits per heavy atom. The van der Waals surface area contributed by atoms with E-state index < -0.39 is 50.4 Å². The molecule has 0 aromatic heterocycles. The topological polar surface area (TPSA) is 154 Å². The van der Waals surface area contributed by atoms with Crippen molar-refractivity contribution in [1.29, 1.82) is 0 Å². The van der Waals surface area contributed by atoms with E-state index in [2.05, 4.69) is 6.92 Å². The molecule has 0 fully saturated rings. The molecule has 2 atom stereocenters. The number of allylic oxidation sites excluding steroid dienone is 1. The van der Waals surface area contributed by atoms with Crippen molar-refractivity contribution in [3.63, 3.8) is 0 Å². The van der Waals surface area contributed by atoms with Crippen molar-refractivity contribution in [2.75, 3.05) is 47.5 Å². The molecule has 1 unspecified atom stereocenters. The van der Waals surface area contributed by atoms with Gasteiger partial charge in [0.25, 0.3) is 7.82 Å². The first-order valence-corrected chi connectivity index (χ1v) is 17.3. The molecule has 0 bridgehead atoms. The predicted octanol–water partition coefficient (Wildman–Crippen LogP) is 6.09. The number of hydrogen-bond acceptors (Lipinski definition) is 10. The predicted molar refractivity (Wildman–Crippen MR) is 164 cm³/mol. The van der Waals surface area contributed by atoms with Crippen molar-refractivity contribution in [1.82, 2.24) is 0 Å². The normalized spacial score (nSPS) is 14.2. The van der Waals surface area contributed by atoms with E-state index >= 15 is 0 Å². The standard InChI is InChI=1S/C30H57N2O10P/c1-6-8-9-10-11-12-13-14-15-16-17-18-19-20-29(33)39-25-28(42-30(34)22-21-27(7-2)31(35)36)26-41-43(37,38)40-24-23-32(3,4)5/h21,28H,6-20,22-26H2,1-5H3/b27-21+/t28-/m1/s1. The summed E-state index contributed by atoms with van der Waals surface area (Å²) in [6, 6.07) is 0. The second-order valence-corrected chi connectivity index (χ2v) is 13.3. The number of quaternary nitrogens is 1. The summed E-state index contributed by atoms with van der Waals surface area (Å²) in [4.78, 5) is 47.1. The van der Waals surface area contributed by atoms with E-state index in [1.165, 1.54) is 57.8 Å². The Balaban J connectivity index is 4.55. The lowest BCUT2D eigenvalue weighted by Crippen LogP contribution is -2.37. The van der Waals surface area contributed by atoms with Crippen LogP contribution < -0.4 is 4.89 Å². The largest absolute Gasteiger partial charge is 0.756 e. The van der Waals surface area contributed by atoms with Crippen molar-refractivity contribution in [2.24, 2.45) is 0 Å². The molecule has 0 amide bonds. The van der Waals surface area contributed by atoms with Crippen molar-refractivity contribution in [2.45, 2.75) is 123 Å². The fraction of sp³-hybridized carbons (Fsp3) is 0.867. The lowest BCUT2D eigenvalue weighted by molar-refractivity contribution is -0.870. The van der Waals surface area contributed by atoms with Crippen LogP contribution in [0.25, 0.3) is 0 Å². The Bertz CT molecular complexity index is 860. The highest BCUT2D eigenvalue weighted by Gasteiger charge is 2.22. The first-order valence-electron chi connectivity index (χ1n) is 15.9. The number of carbonyl (C=O) groups excluding carboxylic acids is 2. The molecule has 0 aliphatic rings. The van der Waals surface area contributed by atoms with E-state index in [4.69, 9.17) is 18.5 Å². The lowest BCUT2D eigenvalue weighted by Gasteiger charge is -2.28. The number of ether oxygens (including phenoxy) is 2. The maximum absolute atomic E-state index is 12.3. The van der Waals surface area contributed by atoms with E-state index in [-0.39, 0.29) is 25.1 Å². The fourth-order valence-corrected chi connectivity index (χ4v) is 4.81. The smallest absolute Gasteiger partial charge is 0.310 e. The maximum atomic E-state index is 12.3. The molecule has 43 heavy (non-hydrogen) atoms. The first kappa shape index (κ1) is 41.1. The number of rotatable bonds is 28. The molecule has 252 valence electrons. The van der Waals surface area contributed by atoms with Crippen LogP contribution in [0.15, 0.2) is 11.8 Å². The van der Waals surface area contributed by atoms with Crippen molar-refractivity contribution < 1.29 is 47.0 Å². The number of carbonyl (C=O) groups is 2. The zero-order valence-electron chi connectivity index (χ0n) is 27.2. The first-order chi connectivity index (χ1) is 20.3. The van der Waals surface area contributed by atoms with E-state index in [0.29, 0.717) is 17.4 Å². The molecular formula is C30H57N2O10P. The summed E-state index contributed by atoms with van der Waals surface area (Å²) in [6.45, 7) is 3.08. The van der Waals surface area contributed by atoms with Gasteiger partial charge >= 0.3 is 11.9 Å². The fourth-order valence-electron chi connectivity index (χ4n) is 4.08. The van der Waals surface area contributed by atoms with Crippen LogP contribution in [0.2, 0.25) is 0 Å². The summed E-state index contributed by atoms with van der Waals surface area (Å²) in [5, 5.41) is 11.0. The summed E-state index contributed by atoms with van der Waals surface area (Å²) in [6.07, 6.45) is 15.2. The van der Waals surface area contributed by atoms with Crippen LogP contribution >= 0.6 is 7.82 Å². The summed E-state index contributed by atoms with van der Waals surface area (Å²) in [7, 11) is 0.913. The second-order valence-electron chi connectivity index (χ2n) is 11.9. The monoisotopic (exact) mass is 636 g/mol. The lowest BCUT2D eigenvalue weighted by atomic mass is 10.0. The van der Waals surface area contributed by atoms with Crippen molar-refractivity contribution in [3.8, 4) is 0 Å². The molecular weight excluding hydrogens is 579 g/mol. The zero-order valence-corrected chi connectivity index (χ0v) is 28.1. The van der Waals surface area contributed by atoms with Crippen molar-refractivity contribution in [3.05, 3.63) is 21.9 Å². The summed E-state index contributed by atoms with van der Waals surface area (Å²) in [5.41, 5.74) is -0.149. The minimum absolute atomic E-state index is 0.103. The number of hydrogen-bond donors (Lipinski definition) is 0. The molecule has 0 aliphatic heterocycles. The molecule has 0 aromatic rings. The molecule has 0 radical (unpaired) electrons. The quantitative estimate of drug-likeness (QED) is 0.0246. The van der Waals surface area contributed by atoms with Gasteiger partial charge in [0.1, 0.15) is 19.8 Å². The van der Waals surface area contributed by atoms with Crippen LogP contribution in [0, 0.1) is 10.1 Å². The van der Waals surface area contributed by atoms with Crippen molar-refractivity contribution >= 4 is 19.8 Å². The minimum atomic E-state index is -4.71. The minimum Gasteiger partial charge on any atom is -0.756 e. The van der Waals surface area contributed by atoms with Gasteiger partial charge in [-0.1, -0.05) is 90.9 Å². The average molecular weight is 637 g/mol. The van der Waals surface area contributed by atoms with Gasteiger partial charge in [-0.3, -0.25) is 24.3 Å². The van der Waals surface area contributed by atoms with Gasteiger partial charge in [-0.25, -0.2) is 0 Å². The van der Waals surface area contributed by atoms with Crippen LogP contribution in [-0.2, 0) is 32.7 Å². The molecule has 0 saturated heterocycles. The number of nitrogens with zero attached hydrogens (tertiary/aromatic N) is 2. The number of unbranched alkanes of at least 4 members (excludes halogenated alkanes) is 12. The average Bonchev–Trinajstić information content (AvgIpc) is 2.92. The van der Waals surface area contributed by atoms with E-state index in [1.54, 1.807) is 6.92 Å². The highest BCUT2D eigenvalue weighted by atomic mass is 31.2. The maximum Gasteiger partial charge on any atom is 0.310 e. The molecule has 0 aliphatic carbocycles. The van der Waals surface area contributed by atoms with Gasteiger partial charge in [-0.05, 0) is 6.42 Å². The molecule has 13 heteroatoms. The van der Waals surface area contributed by atoms with E-state index in [9.17, 15) is 29.2 Å². The summed E-state index contributed by atoms with van der Waals surface area (Å²) in [5.74, 6) is -1.34. The Morgan fingerprint density at radius 3 is 1.86 bits per heavy atom. The molecule has 0 N–H and O–H groups in total. The third kappa shape index (κ3) is 26.3. The van der Waals surface area contributed by atoms with Crippen LogP contribution in [0.3, 0.4) is 0 Å². The SMILES string of the molecule is CCCCCCCCCCCCCCCC(=O)OC[C@H](COP(=O)([O-])OCC[N+](C)(C)C)OC(=O)C/C=C(\CC)[N+](=O)[O-]. The molecule has 0 spiro atoms. The van der Waals surface area contributed by atoms with Gasteiger partial charge < -0.3 is 27.9 Å². The number of phosphoric acid groups is 1. The van der Waals surface area contributed by atoms with Gasteiger partial charge in [0.2, 0.25) is 5.70 Å². The van der Waals surface area contributed by atoms with Gasteiger partial charge in [-0.15, -0.1) is 0 Å². The number of likely N-dealkylation sites (N-methyl/N-ethyl adjacent to an activating group) is 1. The summed E-state index contributed by atoms with van der Waals surface area (Å²) < 4.78 is 32.9. The molecule has 0 rings (SSSR count). The molecule has 12 nitrogen and oxygen atoms in total. The van der Waals surface area contributed by atoms with Crippen LogP contribution in [-0.4, -0.2) is 75.0 Å². The number of nitro groups is 1.